The van der Waals surface area contributed by atoms with Crippen LogP contribution in [0, 0.1) is 0 Å². The number of halogens is 2. The average Bonchev–Trinajstić information content (AvgIpc) is 3.07. The highest BCUT2D eigenvalue weighted by molar-refractivity contribution is 6.34. The Morgan fingerprint density at radius 2 is 1.66 bits per heavy atom. The smallest absolute Gasteiger partial charge is 0.309 e. The second-order valence-corrected chi connectivity index (χ2v) is 8.43. The van der Waals surface area contributed by atoms with E-state index in [1.807, 2.05) is 42.5 Å². The molecule has 32 heavy (non-hydrogen) atoms. The van der Waals surface area contributed by atoms with Gasteiger partial charge >= 0.3 is 5.97 Å². The molecule has 0 saturated heterocycles. The van der Waals surface area contributed by atoms with Gasteiger partial charge in [-0.2, -0.15) is 0 Å². The van der Waals surface area contributed by atoms with Gasteiger partial charge in [-0.3, -0.25) is 9.59 Å². The summed E-state index contributed by atoms with van der Waals surface area (Å²) in [5, 5.41) is 1.06. The third-order valence-corrected chi connectivity index (χ3v) is 5.66. The molecule has 0 spiro atoms. The van der Waals surface area contributed by atoms with E-state index in [-0.39, 0.29) is 18.2 Å². The number of Topliss-reactive ketones (excluding diaryl/α,β-unsaturated/α-hetero) is 1. The Kier molecular flexibility index (Phi) is 6.63. The highest BCUT2D eigenvalue weighted by Crippen LogP contribution is 2.32. The predicted octanol–water partition coefficient (Wildman–Crippen LogP) is 6.11. The van der Waals surface area contributed by atoms with Crippen LogP contribution in [0.2, 0.25) is 10.0 Å². The van der Waals surface area contributed by atoms with Gasteiger partial charge in [-0.15, -0.1) is 0 Å². The molecule has 0 heterocycles. The van der Waals surface area contributed by atoms with Crippen molar-refractivity contribution < 1.29 is 19.1 Å². The van der Waals surface area contributed by atoms with E-state index in [0.29, 0.717) is 40.0 Å². The molecule has 0 saturated carbocycles. The number of hydrogen-bond donors (Lipinski definition) is 0. The molecule has 4 rings (SSSR count). The van der Waals surface area contributed by atoms with E-state index in [1.165, 1.54) is 7.11 Å². The largest absolute Gasteiger partial charge is 0.489 e. The molecule has 6 heteroatoms. The lowest BCUT2D eigenvalue weighted by atomic mass is 10.1. The fourth-order valence-corrected chi connectivity index (χ4v) is 4.16. The first-order valence-corrected chi connectivity index (χ1v) is 10.8. The number of esters is 1. The minimum absolute atomic E-state index is 0.00356. The maximum Gasteiger partial charge on any atom is 0.309 e. The predicted molar refractivity (Wildman–Crippen MR) is 125 cm³/mol. The summed E-state index contributed by atoms with van der Waals surface area (Å²) in [7, 11) is 1.38. The van der Waals surface area contributed by atoms with E-state index in [4.69, 9.17) is 27.9 Å². The molecular formula is C26H20Cl2O4. The average molecular weight is 467 g/mol. The normalized spacial score (nSPS) is 13.8. The Bertz CT molecular complexity index is 1190. The molecule has 0 N–H and O–H groups in total. The van der Waals surface area contributed by atoms with Crippen LogP contribution in [0.15, 0.2) is 66.2 Å². The lowest BCUT2D eigenvalue weighted by Crippen LogP contribution is -2.04. The lowest BCUT2D eigenvalue weighted by molar-refractivity contribution is -0.139. The SMILES string of the molecule is COC(=O)Cc1ccc(COc2ccc3c(c2)C/C(=C\c2cc(Cl)cc(Cl)c2)C3=O)cc1. The molecule has 1 aliphatic rings. The summed E-state index contributed by atoms with van der Waals surface area (Å²) in [6.45, 7) is 0.384. The van der Waals surface area contributed by atoms with Gasteiger partial charge in [-0.05, 0) is 64.7 Å². The molecular weight excluding hydrogens is 447 g/mol. The molecule has 0 aromatic heterocycles. The number of carbonyl (C=O) groups excluding carboxylic acids is 2. The van der Waals surface area contributed by atoms with Crippen molar-refractivity contribution in [1.82, 2.24) is 0 Å². The third kappa shape index (κ3) is 5.21. The maximum atomic E-state index is 12.8. The van der Waals surface area contributed by atoms with E-state index >= 15 is 0 Å². The van der Waals surface area contributed by atoms with E-state index in [2.05, 4.69) is 4.74 Å². The fraction of sp³-hybridized carbons (Fsp3) is 0.154. The van der Waals surface area contributed by atoms with Crippen molar-refractivity contribution in [1.29, 1.82) is 0 Å². The van der Waals surface area contributed by atoms with Crippen molar-refractivity contribution in [3.63, 3.8) is 0 Å². The van der Waals surface area contributed by atoms with Gasteiger partial charge in [-0.25, -0.2) is 0 Å². The number of hydrogen-bond acceptors (Lipinski definition) is 4. The first-order chi connectivity index (χ1) is 15.4. The number of allylic oxidation sites excluding steroid dienone is 1. The van der Waals surface area contributed by atoms with Gasteiger partial charge in [0.15, 0.2) is 5.78 Å². The van der Waals surface area contributed by atoms with Crippen LogP contribution in [0.3, 0.4) is 0 Å². The second kappa shape index (κ2) is 9.60. The molecule has 0 radical (unpaired) electrons. The van der Waals surface area contributed by atoms with E-state index in [1.54, 1.807) is 24.3 Å². The zero-order valence-electron chi connectivity index (χ0n) is 17.4. The Morgan fingerprint density at radius 3 is 2.34 bits per heavy atom. The molecule has 0 fully saturated rings. The molecule has 3 aromatic rings. The number of carbonyl (C=O) groups is 2. The summed E-state index contributed by atoms with van der Waals surface area (Å²) in [5.74, 6) is 0.430. The molecule has 4 nitrogen and oxygen atoms in total. The first kappa shape index (κ1) is 22.1. The third-order valence-electron chi connectivity index (χ3n) is 5.22. The van der Waals surface area contributed by atoms with Gasteiger partial charge in [-0.1, -0.05) is 47.5 Å². The zero-order chi connectivity index (χ0) is 22.7. The van der Waals surface area contributed by atoms with Gasteiger partial charge in [0.05, 0.1) is 13.5 Å². The van der Waals surface area contributed by atoms with Crippen LogP contribution >= 0.6 is 23.2 Å². The van der Waals surface area contributed by atoms with Crippen LogP contribution in [-0.4, -0.2) is 18.9 Å². The summed E-state index contributed by atoms with van der Waals surface area (Å²) in [6.07, 6.45) is 2.60. The number of ether oxygens (including phenoxy) is 2. The second-order valence-electron chi connectivity index (χ2n) is 7.56. The van der Waals surface area contributed by atoms with Gasteiger partial charge < -0.3 is 9.47 Å². The fourth-order valence-electron chi connectivity index (χ4n) is 3.62. The molecule has 0 amide bonds. The molecule has 0 unspecified atom stereocenters. The molecule has 0 bridgehead atoms. The van der Waals surface area contributed by atoms with Crippen LogP contribution in [0.1, 0.15) is 32.6 Å². The van der Waals surface area contributed by atoms with Gasteiger partial charge in [0.1, 0.15) is 12.4 Å². The summed E-state index contributed by atoms with van der Waals surface area (Å²) in [5.41, 5.74) is 4.97. The number of methoxy groups -OCH3 is 1. The minimum Gasteiger partial charge on any atom is -0.489 e. The van der Waals surface area contributed by atoms with Crippen molar-refractivity contribution in [2.45, 2.75) is 19.4 Å². The van der Waals surface area contributed by atoms with Gasteiger partial charge in [0.25, 0.3) is 0 Å². The zero-order valence-corrected chi connectivity index (χ0v) is 18.9. The molecule has 0 aliphatic heterocycles. The number of rotatable bonds is 6. The quantitative estimate of drug-likeness (QED) is 0.324. The van der Waals surface area contributed by atoms with Gasteiger partial charge in [0, 0.05) is 27.6 Å². The van der Waals surface area contributed by atoms with Crippen LogP contribution < -0.4 is 4.74 Å². The summed E-state index contributed by atoms with van der Waals surface area (Å²) in [6, 6.07) is 18.4. The van der Waals surface area contributed by atoms with Crippen LogP contribution in [-0.2, 0) is 29.0 Å². The van der Waals surface area contributed by atoms with E-state index in [0.717, 1.165) is 22.3 Å². The van der Waals surface area contributed by atoms with Crippen LogP contribution in [0.5, 0.6) is 5.75 Å². The molecule has 0 atom stereocenters. The van der Waals surface area contributed by atoms with Crippen LogP contribution in [0.25, 0.3) is 6.08 Å². The monoisotopic (exact) mass is 466 g/mol. The summed E-state index contributed by atoms with van der Waals surface area (Å²) < 4.78 is 10.6. The van der Waals surface area contributed by atoms with Gasteiger partial charge in [0.2, 0.25) is 0 Å². The van der Waals surface area contributed by atoms with Crippen molar-refractivity contribution in [3.05, 3.63) is 104 Å². The topological polar surface area (TPSA) is 52.6 Å². The highest BCUT2D eigenvalue weighted by Gasteiger charge is 2.25. The molecule has 1 aliphatic carbocycles. The molecule has 3 aromatic carbocycles. The minimum atomic E-state index is -0.270. The van der Waals surface area contributed by atoms with Crippen molar-refractivity contribution >= 4 is 41.0 Å². The number of ketones is 1. The van der Waals surface area contributed by atoms with Crippen molar-refractivity contribution in [2.24, 2.45) is 0 Å². The van der Waals surface area contributed by atoms with Crippen LogP contribution in [0.4, 0.5) is 0 Å². The maximum absolute atomic E-state index is 12.8. The van der Waals surface area contributed by atoms with E-state index in [9.17, 15) is 9.59 Å². The highest BCUT2D eigenvalue weighted by atomic mass is 35.5. The van der Waals surface area contributed by atoms with E-state index < -0.39 is 0 Å². The Hall–Kier alpha value is -3.08. The summed E-state index contributed by atoms with van der Waals surface area (Å²) in [4.78, 5) is 24.1. The standard InChI is InChI=1S/C26H20Cl2O4/c1-31-25(29)11-16-2-4-17(5-3-16)15-32-23-6-7-24-19(13-23)12-20(26(24)30)8-18-9-21(27)14-22(28)10-18/h2-10,13-14H,11-12,15H2,1H3/b20-8+. The Balaban J connectivity index is 1.43. The Labute approximate surface area is 196 Å². The number of benzene rings is 3. The summed E-state index contributed by atoms with van der Waals surface area (Å²) >= 11 is 12.1. The van der Waals surface area contributed by atoms with Crippen molar-refractivity contribution in [3.8, 4) is 5.75 Å². The first-order valence-electron chi connectivity index (χ1n) is 10.0. The van der Waals surface area contributed by atoms with Crippen molar-refractivity contribution in [2.75, 3.05) is 7.11 Å². The molecule has 162 valence electrons. The number of fused-ring (bicyclic) bond motifs is 1. The lowest BCUT2D eigenvalue weighted by Gasteiger charge is -2.08. The Morgan fingerprint density at radius 1 is 0.969 bits per heavy atom.